The van der Waals surface area contributed by atoms with Gasteiger partial charge in [0.2, 0.25) is 0 Å². The van der Waals surface area contributed by atoms with Gasteiger partial charge in [0, 0.05) is 35.4 Å². The predicted molar refractivity (Wildman–Crippen MR) is 78.9 cm³/mol. The Balaban J connectivity index is 2.57. The van der Waals surface area contributed by atoms with E-state index in [2.05, 4.69) is 15.6 Å². The lowest BCUT2D eigenvalue weighted by atomic mass is 10.2. The fourth-order valence-corrected chi connectivity index (χ4v) is 2.24. The standard InChI is InChI=1S/C13H21N3O2S/c1-4-14-12-7-5-6-11(16-12)13(17)15-10(2)8-9-19(3)18/h5-7,10H,4,8-9H2,1-3H3,(H,14,16)(H,15,17). The molecule has 0 aromatic carbocycles. The number of anilines is 1. The average molecular weight is 283 g/mol. The van der Waals surface area contributed by atoms with Crippen LogP contribution >= 0.6 is 0 Å². The predicted octanol–water partition coefficient (Wildman–Crippen LogP) is 1.40. The molecule has 0 aliphatic heterocycles. The van der Waals surface area contributed by atoms with Crippen LogP contribution in [0.1, 0.15) is 30.8 Å². The Morgan fingerprint density at radius 1 is 1.47 bits per heavy atom. The zero-order chi connectivity index (χ0) is 14.3. The molecule has 0 radical (unpaired) electrons. The van der Waals surface area contributed by atoms with Crippen LogP contribution in [-0.2, 0) is 10.8 Å². The Morgan fingerprint density at radius 3 is 2.84 bits per heavy atom. The Kier molecular flexibility index (Phi) is 6.49. The molecule has 0 spiro atoms. The van der Waals surface area contributed by atoms with Crippen molar-refractivity contribution >= 4 is 22.5 Å². The first-order valence-corrected chi connectivity index (χ1v) is 8.07. The van der Waals surface area contributed by atoms with Crippen molar-refractivity contribution in [3.63, 3.8) is 0 Å². The summed E-state index contributed by atoms with van der Waals surface area (Å²) in [5.74, 6) is 1.08. The number of nitrogens with one attached hydrogen (secondary N) is 2. The highest BCUT2D eigenvalue weighted by molar-refractivity contribution is 7.84. The summed E-state index contributed by atoms with van der Waals surface area (Å²) in [6.07, 6.45) is 2.36. The number of carbonyl (C=O) groups excluding carboxylic acids is 1. The summed E-state index contributed by atoms with van der Waals surface area (Å²) >= 11 is 0. The first-order chi connectivity index (χ1) is 9.02. The van der Waals surface area contributed by atoms with Gasteiger partial charge in [-0.1, -0.05) is 6.07 Å². The molecular weight excluding hydrogens is 262 g/mol. The maximum absolute atomic E-state index is 12.0. The molecule has 0 saturated carbocycles. The van der Waals surface area contributed by atoms with Crippen molar-refractivity contribution in [2.45, 2.75) is 26.3 Å². The topological polar surface area (TPSA) is 71.1 Å². The van der Waals surface area contributed by atoms with Gasteiger partial charge in [-0.3, -0.25) is 9.00 Å². The van der Waals surface area contributed by atoms with Crippen LogP contribution in [0.5, 0.6) is 0 Å². The van der Waals surface area contributed by atoms with E-state index in [0.717, 1.165) is 6.54 Å². The van der Waals surface area contributed by atoms with Crippen LogP contribution in [-0.4, -0.2) is 39.7 Å². The molecule has 2 unspecified atom stereocenters. The van der Waals surface area contributed by atoms with Gasteiger partial charge in [0.15, 0.2) is 0 Å². The smallest absolute Gasteiger partial charge is 0.270 e. The first-order valence-electron chi connectivity index (χ1n) is 6.34. The molecule has 2 atom stereocenters. The number of hydrogen-bond acceptors (Lipinski definition) is 4. The second-order valence-corrected chi connectivity index (χ2v) is 5.93. The van der Waals surface area contributed by atoms with Gasteiger partial charge >= 0.3 is 0 Å². The normalized spacial score (nSPS) is 13.6. The van der Waals surface area contributed by atoms with E-state index in [1.165, 1.54) is 0 Å². The second kappa shape index (κ2) is 7.89. The van der Waals surface area contributed by atoms with Gasteiger partial charge in [0.25, 0.3) is 5.91 Å². The van der Waals surface area contributed by atoms with Gasteiger partial charge < -0.3 is 10.6 Å². The molecule has 2 N–H and O–H groups in total. The summed E-state index contributed by atoms with van der Waals surface area (Å²) in [5, 5.41) is 5.92. The highest BCUT2D eigenvalue weighted by Crippen LogP contribution is 2.05. The molecule has 1 aromatic rings. The molecule has 19 heavy (non-hydrogen) atoms. The number of rotatable bonds is 7. The summed E-state index contributed by atoms with van der Waals surface area (Å²) in [6, 6.07) is 5.29. The van der Waals surface area contributed by atoms with Crippen LogP contribution in [0.2, 0.25) is 0 Å². The van der Waals surface area contributed by atoms with Crippen LogP contribution in [0.3, 0.4) is 0 Å². The van der Waals surface area contributed by atoms with Crippen LogP contribution in [0.25, 0.3) is 0 Å². The first kappa shape index (κ1) is 15.6. The van der Waals surface area contributed by atoms with Gasteiger partial charge in [-0.15, -0.1) is 0 Å². The minimum Gasteiger partial charge on any atom is -0.370 e. The van der Waals surface area contributed by atoms with Crippen LogP contribution in [0.4, 0.5) is 5.82 Å². The number of nitrogens with zero attached hydrogens (tertiary/aromatic N) is 1. The van der Waals surface area contributed by atoms with Crippen molar-refractivity contribution in [3.05, 3.63) is 23.9 Å². The fourth-order valence-electron chi connectivity index (χ4n) is 1.55. The van der Waals surface area contributed by atoms with E-state index in [1.807, 2.05) is 19.9 Å². The summed E-state index contributed by atoms with van der Waals surface area (Å²) in [6.45, 7) is 4.64. The molecule has 1 heterocycles. The summed E-state index contributed by atoms with van der Waals surface area (Å²) in [7, 11) is -0.829. The maximum atomic E-state index is 12.0. The third kappa shape index (κ3) is 5.83. The summed E-state index contributed by atoms with van der Waals surface area (Å²) < 4.78 is 11.0. The lowest BCUT2D eigenvalue weighted by Crippen LogP contribution is -2.34. The minimum atomic E-state index is -0.829. The van der Waals surface area contributed by atoms with Gasteiger partial charge in [-0.05, 0) is 32.4 Å². The number of hydrogen-bond donors (Lipinski definition) is 2. The van der Waals surface area contributed by atoms with Gasteiger partial charge in [0.1, 0.15) is 11.5 Å². The highest BCUT2D eigenvalue weighted by atomic mass is 32.2. The number of carbonyl (C=O) groups is 1. The molecule has 0 aliphatic carbocycles. The quantitative estimate of drug-likeness (QED) is 0.793. The molecule has 6 heteroatoms. The Morgan fingerprint density at radius 2 is 2.21 bits per heavy atom. The zero-order valence-electron chi connectivity index (χ0n) is 11.6. The summed E-state index contributed by atoms with van der Waals surface area (Å²) in [5.41, 5.74) is 0.392. The third-order valence-electron chi connectivity index (χ3n) is 2.56. The largest absolute Gasteiger partial charge is 0.370 e. The molecule has 0 bridgehead atoms. The lowest BCUT2D eigenvalue weighted by molar-refractivity contribution is 0.0934. The molecule has 106 valence electrons. The van der Waals surface area contributed by atoms with Crippen molar-refractivity contribution < 1.29 is 9.00 Å². The molecule has 0 aliphatic rings. The monoisotopic (exact) mass is 283 g/mol. The van der Waals surface area contributed by atoms with Crippen LogP contribution in [0, 0.1) is 0 Å². The molecule has 5 nitrogen and oxygen atoms in total. The number of aromatic nitrogens is 1. The molecule has 1 rings (SSSR count). The van der Waals surface area contributed by atoms with Crippen molar-refractivity contribution in [2.75, 3.05) is 23.9 Å². The Labute approximate surface area is 116 Å². The Hall–Kier alpha value is -1.43. The minimum absolute atomic E-state index is 0.0130. The van der Waals surface area contributed by atoms with Crippen molar-refractivity contribution in [1.29, 1.82) is 0 Å². The third-order valence-corrected chi connectivity index (χ3v) is 3.37. The molecule has 1 amide bonds. The van der Waals surface area contributed by atoms with E-state index in [9.17, 15) is 9.00 Å². The zero-order valence-corrected chi connectivity index (χ0v) is 12.4. The van der Waals surface area contributed by atoms with Gasteiger partial charge in [-0.25, -0.2) is 4.98 Å². The van der Waals surface area contributed by atoms with Gasteiger partial charge in [0.05, 0.1) is 0 Å². The van der Waals surface area contributed by atoms with Crippen LogP contribution < -0.4 is 10.6 Å². The van der Waals surface area contributed by atoms with E-state index < -0.39 is 10.8 Å². The lowest BCUT2D eigenvalue weighted by Gasteiger charge is -2.13. The number of amides is 1. The Bertz CT molecular complexity index is 451. The molecule has 0 fully saturated rings. The van der Waals surface area contributed by atoms with Gasteiger partial charge in [-0.2, -0.15) is 0 Å². The molecule has 0 saturated heterocycles. The van der Waals surface area contributed by atoms with E-state index in [-0.39, 0.29) is 11.9 Å². The molecular formula is C13H21N3O2S. The second-order valence-electron chi connectivity index (χ2n) is 4.38. The fraction of sp³-hybridized carbons (Fsp3) is 0.538. The van der Waals surface area contributed by atoms with E-state index >= 15 is 0 Å². The maximum Gasteiger partial charge on any atom is 0.270 e. The van der Waals surface area contributed by atoms with E-state index in [1.54, 1.807) is 18.4 Å². The number of pyridine rings is 1. The van der Waals surface area contributed by atoms with E-state index in [4.69, 9.17) is 0 Å². The van der Waals surface area contributed by atoms with Crippen molar-refractivity contribution in [3.8, 4) is 0 Å². The van der Waals surface area contributed by atoms with Crippen molar-refractivity contribution in [2.24, 2.45) is 0 Å². The SMILES string of the molecule is CCNc1cccc(C(=O)NC(C)CCS(C)=O)n1. The van der Waals surface area contributed by atoms with Crippen LogP contribution in [0.15, 0.2) is 18.2 Å². The van der Waals surface area contributed by atoms with Crippen molar-refractivity contribution in [1.82, 2.24) is 10.3 Å². The summed E-state index contributed by atoms with van der Waals surface area (Å²) in [4.78, 5) is 16.2. The van der Waals surface area contributed by atoms with E-state index in [0.29, 0.717) is 23.7 Å². The molecule has 1 aromatic heterocycles. The average Bonchev–Trinajstić information content (AvgIpc) is 2.37. The highest BCUT2D eigenvalue weighted by Gasteiger charge is 2.11.